The zero-order chi connectivity index (χ0) is 11.9. The van der Waals surface area contributed by atoms with Gasteiger partial charge in [-0.05, 0) is 24.0 Å². The van der Waals surface area contributed by atoms with E-state index in [9.17, 15) is 17.6 Å². The maximum absolute atomic E-state index is 12.2. The largest absolute Gasteiger partial charge is 0.461 e. The second kappa shape index (κ2) is 6.12. The molecular formula is C10H10F4O. The molecule has 1 rings (SSSR count). The van der Waals surface area contributed by atoms with E-state index in [4.69, 9.17) is 0 Å². The minimum Gasteiger partial charge on any atom is -0.420 e. The van der Waals surface area contributed by atoms with Crippen LogP contribution in [0, 0.1) is 0 Å². The van der Waals surface area contributed by atoms with Crippen LogP contribution in [-0.4, -0.2) is 12.5 Å². The number of rotatable bonds is 3. The first-order chi connectivity index (χ1) is 7.02. The van der Waals surface area contributed by atoms with Crippen molar-refractivity contribution in [2.45, 2.75) is 26.4 Å². The number of hydrogen-bond acceptors (Lipinski definition) is 1. The second-order valence-electron chi connectivity index (χ2n) is 2.12. The molecule has 5 heteroatoms. The van der Waals surface area contributed by atoms with Crippen molar-refractivity contribution in [3.63, 3.8) is 0 Å². The van der Waals surface area contributed by atoms with Crippen LogP contribution in [0.3, 0.4) is 0 Å². The summed E-state index contributed by atoms with van der Waals surface area (Å²) in [6.45, 7) is 4.00. The van der Waals surface area contributed by atoms with Gasteiger partial charge in [-0.1, -0.05) is 19.6 Å². The monoisotopic (exact) mass is 222 g/mol. The number of hydrogen-bond donors (Lipinski definition) is 0. The maximum atomic E-state index is 12.2. The van der Waals surface area contributed by atoms with Gasteiger partial charge in [-0.25, -0.2) is 0 Å². The summed E-state index contributed by atoms with van der Waals surface area (Å²) in [5.41, 5.74) is 4.41. The normalized spacial score (nSPS) is 13.4. The molecule has 0 fully saturated rings. The molecule has 1 aliphatic rings. The van der Waals surface area contributed by atoms with Crippen LogP contribution in [-0.2, 0) is 4.74 Å². The third-order valence-corrected chi connectivity index (χ3v) is 1.12. The van der Waals surface area contributed by atoms with Crippen LogP contribution in [0.1, 0.15) is 13.8 Å². The molecule has 0 bridgehead atoms. The van der Waals surface area contributed by atoms with Gasteiger partial charge in [-0.3, -0.25) is 0 Å². The summed E-state index contributed by atoms with van der Waals surface area (Å²) in [5.74, 6) is -0.465. The molecule has 84 valence electrons. The van der Waals surface area contributed by atoms with Crippen molar-refractivity contribution < 1.29 is 22.3 Å². The molecule has 0 spiro atoms. The molecule has 1 aliphatic carbocycles. The minimum atomic E-state index is -4.48. The van der Waals surface area contributed by atoms with Crippen molar-refractivity contribution in [2.24, 2.45) is 0 Å². The topological polar surface area (TPSA) is 9.23 Å². The van der Waals surface area contributed by atoms with Crippen LogP contribution in [0.5, 0.6) is 0 Å². The minimum absolute atomic E-state index is 0.465. The number of alkyl halides is 4. The first kappa shape index (κ1) is 13.6. The molecule has 0 saturated carbocycles. The summed E-state index contributed by atoms with van der Waals surface area (Å²) >= 11 is 0. The fraction of sp³-hybridized carbons (Fsp3) is 0.400. The van der Waals surface area contributed by atoms with E-state index >= 15 is 0 Å². The van der Waals surface area contributed by atoms with E-state index < -0.39 is 18.3 Å². The van der Waals surface area contributed by atoms with Gasteiger partial charge in [0.1, 0.15) is 0 Å². The van der Waals surface area contributed by atoms with Crippen LogP contribution >= 0.6 is 0 Å². The van der Waals surface area contributed by atoms with Crippen molar-refractivity contribution in [3.05, 3.63) is 35.4 Å². The van der Waals surface area contributed by atoms with E-state index in [1.807, 2.05) is 13.8 Å². The standard InChI is InChI=1S/C8H4F4O.C2H6/c9-7(10)8(11,12)13-6-4-2-1-3-5-6;1-2/h1-2,4,7H;1-2H3. The molecule has 0 aliphatic heterocycles. The van der Waals surface area contributed by atoms with Crippen molar-refractivity contribution in [1.82, 2.24) is 0 Å². The zero-order valence-electron chi connectivity index (χ0n) is 8.23. The molecule has 0 amide bonds. The van der Waals surface area contributed by atoms with Crippen LogP contribution in [0.25, 0.3) is 0 Å². The highest BCUT2D eigenvalue weighted by molar-refractivity contribution is 5.21. The molecule has 0 unspecified atom stereocenters. The Balaban J connectivity index is 0.000000921. The Labute approximate surface area is 85.0 Å². The molecule has 0 aromatic heterocycles. The number of ether oxygens (including phenoxy) is 1. The van der Waals surface area contributed by atoms with Gasteiger partial charge in [0.15, 0.2) is 5.76 Å². The summed E-state index contributed by atoms with van der Waals surface area (Å²) in [4.78, 5) is 0. The molecule has 0 saturated heterocycles. The van der Waals surface area contributed by atoms with E-state index in [0.29, 0.717) is 0 Å². The summed E-state index contributed by atoms with van der Waals surface area (Å²) in [5, 5.41) is 0. The van der Waals surface area contributed by atoms with E-state index in [2.05, 4.69) is 16.2 Å². The lowest BCUT2D eigenvalue weighted by Gasteiger charge is -2.15. The average Bonchev–Trinajstić information content (AvgIpc) is 2.21. The predicted octanol–water partition coefficient (Wildman–Crippen LogP) is 3.65. The van der Waals surface area contributed by atoms with E-state index in [1.54, 1.807) is 0 Å². The molecule has 0 aromatic rings. The summed E-state index contributed by atoms with van der Waals surface area (Å²) in [7, 11) is 0. The Hall–Kier alpha value is -1.44. The average molecular weight is 222 g/mol. The molecule has 0 radical (unpaired) electrons. The van der Waals surface area contributed by atoms with Gasteiger partial charge in [-0.15, -0.1) is 0 Å². The van der Waals surface area contributed by atoms with Gasteiger partial charge in [-0.2, -0.15) is 17.6 Å². The predicted molar refractivity (Wildman–Crippen MR) is 47.6 cm³/mol. The van der Waals surface area contributed by atoms with E-state index in [1.165, 1.54) is 12.2 Å². The number of halogens is 4. The highest BCUT2D eigenvalue weighted by Crippen LogP contribution is 2.27. The highest BCUT2D eigenvalue weighted by Gasteiger charge is 2.44. The first-order valence-electron chi connectivity index (χ1n) is 4.26. The molecule has 15 heavy (non-hydrogen) atoms. The molecule has 0 heterocycles. The third-order valence-electron chi connectivity index (χ3n) is 1.12. The lowest BCUT2D eigenvalue weighted by Crippen LogP contribution is -2.29. The SMILES string of the molecule is CC.FC(F)C(F)(F)OC1=C=C=CC=C1. The van der Waals surface area contributed by atoms with Gasteiger partial charge in [0.05, 0.1) is 0 Å². The van der Waals surface area contributed by atoms with Crippen LogP contribution in [0.15, 0.2) is 35.4 Å². The summed E-state index contributed by atoms with van der Waals surface area (Å²) < 4.78 is 51.3. The van der Waals surface area contributed by atoms with Gasteiger partial charge >= 0.3 is 12.5 Å². The van der Waals surface area contributed by atoms with Crippen molar-refractivity contribution >= 4 is 0 Å². The fourth-order valence-electron chi connectivity index (χ4n) is 0.589. The Morgan fingerprint density at radius 1 is 1.33 bits per heavy atom. The Morgan fingerprint density at radius 2 is 1.93 bits per heavy atom. The third kappa shape index (κ3) is 4.54. The Morgan fingerprint density at radius 3 is 2.33 bits per heavy atom. The lowest BCUT2D eigenvalue weighted by molar-refractivity contribution is -0.279. The quantitative estimate of drug-likeness (QED) is 0.523. The van der Waals surface area contributed by atoms with Crippen LogP contribution < -0.4 is 0 Å². The Bertz CT molecular complexity index is 318. The number of allylic oxidation sites excluding steroid dienone is 3. The highest BCUT2D eigenvalue weighted by atomic mass is 19.3. The maximum Gasteiger partial charge on any atom is 0.461 e. The summed E-state index contributed by atoms with van der Waals surface area (Å²) in [6.07, 6.45) is -4.54. The van der Waals surface area contributed by atoms with Gasteiger partial charge in [0, 0.05) is 0 Å². The summed E-state index contributed by atoms with van der Waals surface area (Å²) in [6, 6.07) is 0. The van der Waals surface area contributed by atoms with E-state index in [0.717, 1.165) is 6.08 Å². The Kier molecular flexibility index (Phi) is 5.53. The van der Waals surface area contributed by atoms with Crippen molar-refractivity contribution in [3.8, 4) is 0 Å². The molecule has 1 nitrogen and oxygen atoms in total. The second-order valence-corrected chi connectivity index (χ2v) is 2.12. The first-order valence-corrected chi connectivity index (χ1v) is 4.26. The molecule has 0 N–H and O–H groups in total. The van der Waals surface area contributed by atoms with Gasteiger partial charge in [0.2, 0.25) is 0 Å². The lowest BCUT2D eigenvalue weighted by atomic mass is 10.3. The van der Waals surface area contributed by atoms with Gasteiger partial charge in [0.25, 0.3) is 0 Å². The zero-order valence-corrected chi connectivity index (χ0v) is 8.23. The van der Waals surface area contributed by atoms with Gasteiger partial charge < -0.3 is 4.74 Å². The van der Waals surface area contributed by atoms with Crippen molar-refractivity contribution in [1.29, 1.82) is 0 Å². The van der Waals surface area contributed by atoms with Crippen molar-refractivity contribution in [2.75, 3.05) is 0 Å². The molecule has 0 atom stereocenters. The fourth-order valence-corrected chi connectivity index (χ4v) is 0.589. The van der Waals surface area contributed by atoms with Crippen LogP contribution in [0.2, 0.25) is 0 Å². The smallest absolute Gasteiger partial charge is 0.420 e. The van der Waals surface area contributed by atoms with E-state index in [-0.39, 0.29) is 0 Å². The molecule has 0 aromatic carbocycles. The van der Waals surface area contributed by atoms with Crippen LogP contribution in [0.4, 0.5) is 17.6 Å². The molecular weight excluding hydrogens is 212 g/mol.